The minimum Gasteiger partial charge on any atom is -0.324 e. The number of nitrogens with zero attached hydrogens (tertiary/aromatic N) is 1. The second-order valence-electron chi connectivity index (χ2n) is 6.55. The molecule has 0 heterocycles. The van der Waals surface area contributed by atoms with Crippen LogP contribution in [-0.2, 0) is 11.2 Å². The van der Waals surface area contributed by atoms with Crippen molar-refractivity contribution in [3.05, 3.63) is 64.2 Å². The normalized spacial score (nSPS) is 16.8. The Morgan fingerprint density at radius 2 is 2.08 bits per heavy atom. The molecule has 2 aromatic carbocycles. The Labute approximate surface area is 148 Å². The van der Waals surface area contributed by atoms with Crippen molar-refractivity contribution in [3.63, 3.8) is 0 Å². The first-order valence-electron chi connectivity index (χ1n) is 8.38. The highest BCUT2D eigenvalue weighted by Crippen LogP contribution is 2.33. The molecule has 0 spiro atoms. The van der Waals surface area contributed by atoms with Crippen molar-refractivity contribution in [2.45, 2.75) is 32.2 Å². The summed E-state index contributed by atoms with van der Waals surface area (Å²) in [5, 5.41) is 3.50. The zero-order valence-electron chi connectivity index (χ0n) is 14.2. The van der Waals surface area contributed by atoms with Crippen molar-refractivity contribution in [2.24, 2.45) is 0 Å². The molecule has 1 amide bonds. The van der Waals surface area contributed by atoms with Gasteiger partial charge >= 0.3 is 0 Å². The Bertz CT molecular complexity index is 744. The molecule has 126 valence electrons. The Hall–Kier alpha value is -1.84. The van der Waals surface area contributed by atoms with Crippen LogP contribution in [0.3, 0.4) is 0 Å². The average molecular weight is 343 g/mol. The van der Waals surface area contributed by atoms with Gasteiger partial charge in [0.1, 0.15) is 0 Å². The molecule has 0 bridgehead atoms. The van der Waals surface area contributed by atoms with Crippen molar-refractivity contribution in [2.75, 3.05) is 18.9 Å². The third-order valence-corrected chi connectivity index (χ3v) is 4.97. The summed E-state index contributed by atoms with van der Waals surface area (Å²) in [4.78, 5) is 14.5. The largest absolute Gasteiger partial charge is 0.324 e. The van der Waals surface area contributed by atoms with E-state index in [0.29, 0.717) is 23.3 Å². The van der Waals surface area contributed by atoms with Gasteiger partial charge in [0.2, 0.25) is 5.91 Å². The molecule has 4 heteroatoms. The van der Waals surface area contributed by atoms with E-state index in [2.05, 4.69) is 34.5 Å². The van der Waals surface area contributed by atoms with Gasteiger partial charge in [0, 0.05) is 6.04 Å². The van der Waals surface area contributed by atoms with Crippen LogP contribution in [-0.4, -0.2) is 24.4 Å². The highest BCUT2D eigenvalue weighted by atomic mass is 35.5. The smallest absolute Gasteiger partial charge is 0.238 e. The molecule has 1 atom stereocenters. The number of anilines is 1. The van der Waals surface area contributed by atoms with Crippen molar-refractivity contribution < 1.29 is 4.79 Å². The van der Waals surface area contributed by atoms with Gasteiger partial charge < -0.3 is 5.32 Å². The first kappa shape index (κ1) is 17.0. The predicted octanol–water partition coefficient (Wildman–Crippen LogP) is 4.60. The van der Waals surface area contributed by atoms with Crippen LogP contribution in [0.5, 0.6) is 0 Å². The van der Waals surface area contributed by atoms with E-state index >= 15 is 0 Å². The van der Waals surface area contributed by atoms with Gasteiger partial charge in [0.25, 0.3) is 0 Å². The molecule has 0 unspecified atom stereocenters. The summed E-state index contributed by atoms with van der Waals surface area (Å²) in [5.74, 6) is -0.0358. The number of carbonyl (C=O) groups is 1. The molecule has 0 aromatic heterocycles. The molecular weight excluding hydrogens is 320 g/mol. The number of hydrogen-bond donors (Lipinski definition) is 1. The fourth-order valence-corrected chi connectivity index (χ4v) is 3.72. The number of rotatable bonds is 4. The highest BCUT2D eigenvalue weighted by Gasteiger charge is 2.24. The van der Waals surface area contributed by atoms with E-state index < -0.39 is 0 Å². The van der Waals surface area contributed by atoms with Gasteiger partial charge in [-0.1, -0.05) is 41.9 Å². The Morgan fingerprint density at radius 3 is 2.88 bits per heavy atom. The molecular formula is C20H23ClN2O. The Kier molecular flexibility index (Phi) is 5.22. The van der Waals surface area contributed by atoms with E-state index in [4.69, 9.17) is 11.6 Å². The van der Waals surface area contributed by atoms with Crippen molar-refractivity contribution in [1.29, 1.82) is 0 Å². The molecule has 0 saturated heterocycles. The number of hydrogen-bond acceptors (Lipinski definition) is 2. The first-order chi connectivity index (χ1) is 11.5. The summed E-state index contributed by atoms with van der Waals surface area (Å²) < 4.78 is 0. The van der Waals surface area contributed by atoms with Crippen LogP contribution in [0, 0.1) is 6.92 Å². The zero-order valence-corrected chi connectivity index (χ0v) is 14.9. The maximum atomic E-state index is 12.4. The number of fused-ring (bicyclic) bond motifs is 1. The molecule has 3 nitrogen and oxygen atoms in total. The lowest BCUT2D eigenvalue weighted by atomic mass is 9.87. The van der Waals surface area contributed by atoms with E-state index in [0.717, 1.165) is 24.8 Å². The number of benzene rings is 2. The van der Waals surface area contributed by atoms with Crippen LogP contribution in [0.1, 0.15) is 35.6 Å². The maximum Gasteiger partial charge on any atom is 0.238 e. The minimum absolute atomic E-state index is 0.0358. The Morgan fingerprint density at radius 1 is 1.29 bits per heavy atom. The zero-order chi connectivity index (χ0) is 17.1. The average Bonchev–Trinajstić information content (AvgIpc) is 2.57. The molecule has 3 rings (SSSR count). The van der Waals surface area contributed by atoms with Crippen LogP contribution < -0.4 is 5.32 Å². The lowest BCUT2D eigenvalue weighted by Crippen LogP contribution is -2.34. The van der Waals surface area contributed by atoms with E-state index in [9.17, 15) is 4.79 Å². The number of aryl methyl sites for hydroxylation is 2. The lowest BCUT2D eigenvalue weighted by Gasteiger charge is -2.32. The first-order valence-corrected chi connectivity index (χ1v) is 8.76. The van der Waals surface area contributed by atoms with Gasteiger partial charge in [0.05, 0.1) is 17.3 Å². The predicted molar refractivity (Wildman–Crippen MR) is 99.6 cm³/mol. The van der Waals surface area contributed by atoms with Crippen LogP contribution in [0.15, 0.2) is 42.5 Å². The third-order valence-electron chi connectivity index (χ3n) is 4.66. The standard InChI is InChI=1S/C20H23ClN2O/c1-14-10-11-18(17(21)12-14)22-20(24)13-23(2)19-9-5-7-15-6-3-4-8-16(15)19/h3-4,6,8,10-12,19H,5,7,9,13H2,1-2H3,(H,22,24)/t19-/m1/s1. The molecule has 0 saturated carbocycles. The fraction of sp³-hybridized carbons (Fsp3) is 0.350. The van der Waals surface area contributed by atoms with E-state index in [-0.39, 0.29) is 5.91 Å². The van der Waals surface area contributed by atoms with E-state index in [1.165, 1.54) is 11.1 Å². The van der Waals surface area contributed by atoms with Gasteiger partial charge in [-0.3, -0.25) is 9.69 Å². The van der Waals surface area contributed by atoms with Gasteiger partial charge in [-0.15, -0.1) is 0 Å². The number of nitrogens with one attached hydrogen (secondary N) is 1. The summed E-state index contributed by atoms with van der Waals surface area (Å²) in [7, 11) is 2.02. The van der Waals surface area contributed by atoms with Gasteiger partial charge in [-0.25, -0.2) is 0 Å². The third kappa shape index (κ3) is 3.80. The molecule has 24 heavy (non-hydrogen) atoms. The molecule has 1 aliphatic carbocycles. The summed E-state index contributed by atoms with van der Waals surface area (Å²) in [6.07, 6.45) is 3.38. The molecule has 1 N–H and O–H groups in total. The van der Waals surface area contributed by atoms with Gasteiger partial charge in [-0.2, -0.15) is 0 Å². The van der Waals surface area contributed by atoms with Crippen molar-refractivity contribution in [1.82, 2.24) is 4.90 Å². The van der Waals surface area contributed by atoms with Crippen LogP contribution >= 0.6 is 11.6 Å². The van der Waals surface area contributed by atoms with E-state index in [1.54, 1.807) is 0 Å². The van der Waals surface area contributed by atoms with Crippen molar-refractivity contribution >= 4 is 23.2 Å². The van der Waals surface area contributed by atoms with Crippen LogP contribution in [0.25, 0.3) is 0 Å². The summed E-state index contributed by atoms with van der Waals surface area (Å²) >= 11 is 6.20. The second-order valence-corrected chi connectivity index (χ2v) is 6.96. The van der Waals surface area contributed by atoms with Crippen molar-refractivity contribution in [3.8, 4) is 0 Å². The number of halogens is 1. The summed E-state index contributed by atoms with van der Waals surface area (Å²) in [6, 6.07) is 14.5. The van der Waals surface area contributed by atoms with Crippen LogP contribution in [0.2, 0.25) is 5.02 Å². The highest BCUT2D eigenvalue weighted by molar-refractivity contribution is 6.33. The van der Waals surface area contributed by atoms with E-state index in [1.807, 2.05) is 32.2 Å². The fourth-order valence-electron chi connectivity index (χ4n) is 3.43. The number of amides is 1. The molecule has 1 aliphatic rings. The molecule has 0 fully saturated rings. The van der Waals surface area contributed by atoms with Gasteiger partial charge in [0.15, 0.2) is 0 Å². The number of carbonyl (C=O) groups excluding carboxylic acids is 1. The van der Waals surface area contributed by atoms with Crippen LogP contribution in [0.4, 0.5) is 5.69 Å². The minimum atomic E-state index is -0.0358. The summed E-state index contributed by atoms with van der Waals surface area (Å²) in [6.45, 7) is 2.33. The topological polar surface area (TPSA) is 32.3 Å². The number of likely N-dealkylation sites (N-methyl/N-ethyl adjacent to an activating group) is 1. The molecule has 2 aromatic rings. The van der Waals surface area contributed by atoms with Gasteiger partial charge in [-0.05, 0) is 62.1 Å². The molecule has 0 radical (unpaired) electrons. The molecule has 0 aliphatic heterocycles. The summed E-state index contributed by atoms with van der Waals surface area (Å²) in [5.41, 5.74) is 4.51. The Balaban J connectivity index is 1.67. The lowest BCUT2D eigenvalue weighted by molar-refractivity contribution is -0.117. The quantitative estimate of drug-likeness (QED) is 0.880. The SMILES string of the molecule is Cc1ccc(NC(=O)CN(C)[C@@H]2CCCc3ccccc32)c(Cl)c1. The monoisotopic (exact) mass is 342 g/mol. The maximum absolute atomic E-state index is 12.4. The second kappa shape index (κ2) is 7.37.